The minimum Gasteiger partial charge on any atom is -0.324 e. The molecule has 2 N–H and O–H groups in total. The molecule has 0 saturated carbocycles. The van der Waals surface area contributed by atoms with Crippen LogP contribution in [0.1, 0.15) is 47.9 Å². The van der Waals surface area contributed by atoms with Gasteiger partial charge in [0.25, 0.3) is 0 Å². The second-order valence-corrected chi connectivity index (χ2v) is 5.90. The van der Waals surface area contributed by atoms with Gasteiger partial charge in [-0.3, -0.25) is 4.79 Å². The maximum Gasteiger partial charge on any atom is 0.133 e. The molecule has 108 valence electrons. The van der Waals surface area contributed by atoms with Crippen molar-refractivity contribution in [2.45, 2.75) is 37.6 Å². The Morgan fingerprint density at radius 3 is 2.57 bits per heavy atom. The molecule has 2 heteroatoms. The number of benzene rings is 2. The molecule has 0 heterocycles. The van der Waals surface area contributed by atoms with Gasteiger partial charge in [-0.2, -0.15) is 0 Å². The number of Topliss-reactive ketones (excluding diaryl/α,β-unsaturated/α-hetero) is 1. The van der Waals surface area contributed by atoms with Gasteiger partial charge in [-0.1, -0.05) is 54.6 Å². The van der Waals surface area contributed by atoms with Gasteiger partial charge in [0.1, 0.15) is 5.78 Å². The van der Waals surface area contributed by atoms with Crippen LogP contribution in [0.25, 0.3) is 0 Å². The van der Waals surface area contributed by atoms with Crippen molar-refractivity contribution in [3.05, 3.63) is 71.3 Å². The van der Waals surface area contributed by atoms with Gasteiger partial charge in [0, 0.05) is 18.9 Å². The molecule has 0 amide bonds. The predicted octanol–water partition coefficient (Wildman–Crippen LogP) is 3.77. The van der Waals surface area contributed by atoms with Crippen molar-refractivity contribution >= 4 is 5.78 Å². The van der Waals surface area contributed by atoms with Gasteiger partial charge >= 0.3 is 0 Å². The zero-order chi connectivity index (χ0) is 14.7. The van der Waals surface area contributed by atoms with Crippen molar-refractivity contribution in [3.63, 3.8) is 0 Å². The Labute approximate surface area is 126 Å². The maximum atomic E-state index is 12.1. The van der Waals surface area contributed by atoms with Crippen LogP contribution in [0.15, 0.2) is 54.6 Å². The molecule has 0 aliphatic heterocycles. The lowest BCUT2D eigenvalue weighted by Gasteiger charge is -2.29. The van der Waals surface area contributed by atoms with Crippen molar-refractivity contribution in [3.8, 4) is 0 Å². The molecule has 0 radical (unpaired) electrons. The lowest BCUT2D eigenvalue weighted by molar-refractivity contribution is -0.119. The van der Waals surface area contributed by atoms with E-state index in [1.165, 1.54) is 11.1 Å². The fourth-order valence-corrected chi connectivity index (χ4v) is 3.11. The highest BCUT2D eigenvalue weighted by molar-refractivity contribution is 5.80. The van der Waals surface area contributed by atoms with E-state index in [0.717, 1.165) is 18.4 Å². The highest BCUT2D eigenvalue weighted by Gasteiger charge is 2.27. The molecular weight excluding hydrogens is 258 g/mol. The highest BCUT2D eigenvalue weighted by Crippen LogP contribution is 2.37. The van der Waals surface area contributed by atoms with Crippen LogP contribution in [0.4, 0.5) is 0 Å². The quantitative estimate of drug-likeness (QED) is 0.874. The first-order valence-electron chi connectivity index (χ1n) is 7.64. The monoisotopic (exact) mass is 279 g/mol. The molecule has 3 rings (SSSR count). The molecular formula is C19H21NO. The second-order valence-electron chi connectivity index (χ2n) is 5.90. The first-order valence-corrected chi connectivity index (χ1v) is 7.64. The van der Waals surface area contributed by atoms with E-state index < -0.39 is 0 Å². The van der Waals surface area contributed by atoms with Crippen LogP contribution in [0, 0.1) is 0 Å². The van der Waals surface area contributed by atoms with Crippen LogP contribution in [0.2, 0.25) is 0 Å². The third-order valence-electron chi connectivity index (χ3n) is 4.40. The molecule has 1 aliphatic carbocycles. The number of ketones is 1. The molecule has 0 aromatic heterocycles. The molecule has 2 aromatic rings. The van der Waals surface area contributed by atoms with Gasteiger partial charge in [0.15, 0.2) is 0 Å². The number of hydrogen-bond acceptors (Lipinski definition) is 2. The molecule has 0 saturated heterocycles. The summed E-state index contributed by atoms with van der Waals surface area (Å²) in [6, 6.07) is 18.4. The molecule has 0 spiro atoms. The summed E-state index contributed by atoms with van der Waals surface area (Å²) in [5.41, 5.74) is 10.0. The predicted molar refractivity (Wildman–Crippen MR) is 85.1 cm³/mol. The zero-order valence-corrected chi connectivity index (χ0v) is 12.2. The molecule has 0 bridgehead atoms. The van der Waals surface area contributed by atoms with Crippen LogP contribution in [0.3, 0.4) is 0 Å². The highest BCUT2D eigenvalue weighted by atomic mass is 16.1. The summed E-state index contributed by atoms with van der Waals surface area (Å²) < 4.78 is 0. The summed E-state index contributed by atoms with van der Waals surface area (Å²) in [4.78, 5) is 12.1. The van der Waals surface area contributed by atoms with Crippen LogP contribution in [-0.4, -0.2) is 5.78 Å². The Hall–Kier alpha value is -1.93. The standard InChI is InChI=1S/C19H21NO/c20-19(14-6-2-1-3-7-14)11-10-17(21)13-16-12-15-8-4-5-9-18(15)16/h1-9,16,19H,10-13,20H2. The van der Waals surface area contributed by atoms with Crippen LogP contribution < -0.4 is 5.73 Å². The van der Waals surface area contributed by atoms with Crippen molar-refractivity contribution in [1.82, 2.24) is 0 Å². The maximum absolute atomic E-state index is 12.1. The second kappa shape index (κ2) is 6.23. The molecule has 2 nitrogen and oxygen atoms in total. The van der Waals surface area contributed by atoms with Gasteiger partial charge in [0.05, 0.1) is 0 Å². The Bertz CT molecular complexity index is 620. The number of rotatable bonds is 6. The summed E-state index contributed by atoms with van der Waals surface area (Å²) in [6.45, 7) is 0. The van der Waals surface area contributed by atoms with E-state index in [-0.39, 0.29) is 6.04 Å². The lowest BCUT2D eigenvalue weighted by atomic mass is 9.75. The van der Waals surface area contributed by atoms with Gasteiger partial charge in [-0.15, -0.1) is 0 Å². The lowest BCUT2D eigenvalue weighted by Crippen LogP contribution is -2.20. The van der Waals surface area contributed by atoms with E-state index in [0.29, 0.717) is 24.5 Å². The largest absolute Gasteiger partial charge is 0.324 e. The van der Waals surface area contributed by atoms with Crippen LogP contribution in [-0.2, 0) is 11.2 Å². The molecule has 2 unspecified atom stereocenters. The minimum absolute atomic E-state index is 0.0381. The van der Waals surface area contributed by atoms with E-state index >= 15 is 0 Å². The number of fused-ring (bicyclic) bond motifs is 1. The fourth-order valence-electron chi connectivity index (χ4n) is 3.11. The van der Waals surface area contributed by atoms with Crippen molar-refractivity contribution in [2.75, 3.05) is 0 Å². The third-order valence-corrected chi connectivity index (χ3v) is 4.40. The summed E-state index contributed by atoms with van der Waals surface area (Å²) >= 11 is 0. The Balaban J connectivity index is 1.48. The normalized spacial score (nSPS) is 17.7. The molecule has 1 aliphatic rings. The van der Waals surface area contributed by atoms with Gasteiger partial charge in [-0.25, -0.2) is 0 Å². The van der Waals surface area contributed by atoms with E-state index in [4.69, 9.17) is 5.73 Å². The summed E-state index contributed by atoms with van der Waals surface area (Å²) in [6.07, 6.45) is 3.02. The smallest absolute Gasteiger partial charge is 0.133 e. The minimum atomic E-state index is -0.0381. The number of nitrogens with two attached hydrogens (primary N) is 1. The molecule has 2 atom stereocenters. The van der Waals surface area contributed by atoms with Crippen LogP contribution >= 0.6 is 0 Å². The Morgan fingerprint density at radius 1 is 1.10 bits per heavy atom. The fraction of sp³-hybridized carbons (Fsp3) is 0.316. The van der Waals surface area contributed by atoms with E-state index in [1.807, 2.05) is 30.3 Å². The van der Waals surface area contributed by atoms with E-state index in [9.17, 15) is 4.79 Å². The first-order chi connectivity index (χ1) is 10.2. The SMILES string of the molecule is NC(CCC(=O)CC1Cc2ccccc21)c1ccccc1. The van der Waals surface area contributed by atoms with Crippen molar-refractivity contribution in [2.24, 2.45) is 5.73 Å². The number of carbonyl (C=O) groups is 1. The number of carbonyl (C=O) groups excluding carboxylic acids is 1. The first kappa shape index (κ1) is 14.0. The zero-order valence-electron chi connectivity index (χ0n) is 12.2. The molecule has 21 heavy (non-hydrogen) atoms. The topological polar surface area (TPSA) is 43.1 Å². The number of hydrogen-bond donors (Lipinski definition) is 1. The Morgan fingerprint density at radius 2 is 1.81 bits per heavy atom. The van der Waals surface area contributed by atoms with Crippen molar-refractivity contribution < 1.29 is 4.79 Å². The Kier molecular flexibility index (Phi) is 4.16. The summed E-state index contributed by atoms with van der Waals surface area (Å²) in [5.74, 6) is 0.766. The molecule has 2 aromatic carbocycles. The van der Waals surface area contributed by atoms with Gasteiger partial charge in [0.2, 0.25) is 0 Å². The van der Waals surface area contributed by atoms with Crippen LogP contribution in [0.5, 0.6) is 0 Å². The summed E-state index contributed by atoms with van der Waals surface area (Å²) in [5, 5.41) is 0. The third kappa shape index (κ3) is 3.22. The van der Waals surface area contributed by atoms with E-state index in [2.05, 4.69) is 24.3 Å². The summed E-state index contributed by atoms with van der Waals surface area (Å²) in [7, 11) is 0. The average Bonchev–Trinajstić information content (AvgIpc) is 2.51. The van der Waals surface area contributed by atoms with E-state index in [1.54, 1.807) is 0 Å². The molecule has 0 fully saturated rings. The van der Waals surface area contributed by atoms with Gasteiger partial charge < -0.3 is 5.73 Å². The van der Waals surface area contributed by atoms with Gasteiger partial charge in [-0.05, 0) is 35.4 Å². The average molecular weight is 279 g/mol. The van der Waals surface area contributed by atoms with Crippen molar-refractivity contribution in [1.29, 1.82) is 0 Å².